The second kappa shape index (κ2) is 5.75. The maximum Gasteiger partial charge on any atom is 0.0860 e. The molecule has 0 aliphatic heterocycles. The third-order valence-electron chi connectivity index (χ3n) is 1.63. The molecule has 0 radical (unpaired) electrons. The normalized spacial score (nSPS) is 10.9. The van der Waals surface area contributed by atoms with Crippen LogP contribution < -0.4 is 5.90 Å². The molecule has 0 saturated carbocycles. The summed E-state index contributed by atoms with van der Waals surface area (Å²) in [4.78, 5) is 4.39. The van der Waals surface area contributed by atoms with Crippen LogP contribution in [0.5, 0.6) is 0 Å². The lowest BCUT2D eigenvalue weighted by molar-refractivity contribution is 0.168. The molecule has 3 heteroatoms. The summed E-state index contributed by atoms with van der Waals surface area (Å²) in [6.45, 7) is 0.452. The summed E-state index contributed by atoms with van der Waals surface area (Å²) in [5.41, 5.74) is 1.22. The van der Waals surface area contributed by atoms with Gasteiger partial charge in [-0.15, -0.1) is 0 Å². The van der Waals surface area contributed by atoms with Crippen LogP contribution >= 0.6 is 11.6 Å². The third kappa shape index (κ3) is 4.08. The molecule has 1 aromatic rings. The molecule has 2 N–H and O–H groups in total. The van der Waals surface area contributed by atoms with Gasteiger partial charge in [-0.25, -0.2) is 5.90 Å². The molecule has 70 valence electrons. The van der Waals surface area contributed by atoms with Gasteiger partial charge in [-0.2, -0.15) is 0 Å². The first-order valence-corrected chi connectivity index (χ1v) is 4.42. The highest BCUT2D eigenvalue weighted by Gasteiger charge is 1.88. The second-order valence-corrected chi connectivity index (χ2v) is 3.07. The molecule has 2 nitrogen and oxygen atoms in total. The molecule has 1 rings (SSSR count). The first kappa shape index (κ1) is 10.3. The maximum absolute atomic E-state index is 5.74. The number of nitrogens with two attached hydrogens (primary N) is 1. The molecular weight excluding hydrogens is 186 g/mol. The summed E-state index contributed by atoms with van der Waals surface area (Å²) in [5, 5.41) is 0.762. The molecule has 0 bridgehead atoms. The average molecular weight is 198 g/mol. The highest BCUT2D eigenvalue weighted by molar-refractivity contribution is 6.30. The number of benzene rings is 1. The van der Waals surface area contributed by atoms with Crippen LogP contribution in [0.3, 0.4) is 0 Å². The Bertz CT molecular complexity index is 269. The van der Waals surface area contributed by atoms with Crippen LogP contribution in [-0.2, 0) is 11.3 Å². The Morgan fingerprint density at radius 1 is 1.23 bits per heavy atom. The van der Waals surface area contributed by atoms with Crippen molar-refractivity contribution >= 4 is 11.6 Å². The van der Waals surface area contributed by atoms with E-state index in [9.17, 15) is 0 Å². The third-order valence-corrected chi connectivity index (χ3v) is 1.88. The van der Waals surface area contributed by atoms with Crippen molar-refractivity contribution in [1.29, 1.82) is 0 Å². The van der Waals surface area contributed by atoms with Crippen molar-refractivity contribution in [1.82, 2.24) is 0 Å². The Kier molecular flexibility index (Phi) is 4.54. The molecule has 0 aliphatic carbocycles. The lowest BCUT2D eigenvalue weighted by Gasteiger charge is -1.95. The van der Waals surface area contributed by atoms with Crippen molar-refractivity contribution in [3.63, 3.8) is 0 Å². The predicted octanol–water partition coefficient (Wildman–Crippen LogP) is 2.33. The van der Waals surface area contributed by atoms with Crippen LogP contribution in [0.25, 0.3) is 0 Å². The van der Waals surface area contributed by atoms with Crippen molar-refractivity contribution in [3.8, 4) is 0 Å². The van der Waals surface area contributed by atoms with Crippen LogP contribution in [0.15, 0.2) is 36.4 Å². The lowest BCUT2D eigenvalue weighted by Crippen LogP contribution is -1.97. The van der Waals surface area contributed by atoms with E-state index >= 15 is 0 Å². The molecule has 0 unspecified atom stereocenters. The smallest absolute Gasteiger partial charge is 0.0860 e. The molecule has 0 aromatic heterocycles. The summed E-state index contributed by atoms with van der Waals surface area (Å²) >= 11 is 5.74. The summed E-state index contributed by atoms with van der Waals surface area (Å²) in [7, 11) is 0. The standard InChI is InChI=1S/C10H12ClNO/c11-10-6-4-9(5-7-10)3-1-2-8-13-12/h1-2,4-7H,3,8,12H2/b2-1+. The van der Waals surface area contributed by atoms with Gasteiger partial charge >= 0.3 is 0 Å². The van der Waals surface area contributed by atoms with Crippen molar-refractivity contribution in [2.75, 3.05) is 6.61 Å². The summed E-state index contributed by atoms with van der Waals surface area (Å²) in [6, 6.07) is 7.75. The van der Waals surface area contributed by atoms with E-state index in [0.29, 0.717) is 6.61 Å². The molecular formula is C10H12ClNO. The van der Waals surface area contributed by atoms with Gasteiger partial charge in [-0.05, 0) is 24.1 Å². The van der Waals surface area contributed by atoms with Gasteiger partial charge in [-0.3, -0.25) is 0 Å². The predicted molar refractivity (Wildman–Crippen MR) is 54.4 cm³/mol. The topological polar surface area (TPSA) is 35.2 Å². The van der Waals surface area contributed by atoms with Crippen molar-refractivity contribution in [2.45, 2.75) is 6.42 Å². The lowest BCUT2D eigenvalue weighted by atomic mass is 10.1. The molecule has 0 fully saturated rings. The Balaban J connectivity index is 2.41. The number of hydrogen-bond donors (Lipinski definition) is 1. The minimum atomic E-state index is 0.452. The van der Waals surface area contributed by atoms with Crippen molar-refractivity contribution in [2.24, 2.45) is 5.90 Å². The monoisotopic (exact) mass is 197 g/mol. The van der Waals surface area contributed by atoms with Crippen LogP contribution in [0.4, 0.5) is 0 Å². The summed E-state index contributed by atoms with van der Waals surface area (Å²) in [6.07, 6.45) is 4.77. The summed E-state index contributed by atoms with van der Waals surface area (Å²) < 4.78 is 0. The maximum atomic E-state index is 5.74. The van der Waals surface area contributed by atoms with E-state index in [0.717, 1.165) is 11.4 Å². The summed E-state index contributed by atoms with van der Waals surface area (Å²) in [5.74, 6) is 4.86. The molecule has 0 aliphatic rings. The van der Waals surface area contributed by atoms with E-state index in [4.69, 9.17) is 17.5 Å². The van der Waals surface area contributed by atoms with E-state index < -0.39 is 0 Å². The first-order valence-electron chi connectivity index (χ1n) is 4.04. The Morgan fingerprint density at radius 2 is 1.92 bits per heavy atom. The molecule has 13 heavy (non-hydrogen) atoms. The zero-order valence-electron chi connectivity index (χ0n) is 7.24. The van der Waals surface area contributed by atoms with Crippen molar-refractivity contribution in [3.05, 3.63) is 47.0 Å². The minimum Gasteiger partial charge on any atom is -0.300 e. The van der Waals surface area contributed by atoms with Gasteiger partial charge in [-0.1, -0.05) is 35.9 Å². The zero-order valence-corrected chi connectivity index (χ0v) is 8.00. The Labute approximate surface area is 82.9 Å². The van der Waals surface area contributed by atoms with Crippen LogP contribution in [0.1, 0.15) is 5.56 Å². The van der Waals surface area contributed by atoms with Gasteiger partial charge in [0.2, 0.25) is 0 Å². The van der Waals surface area contributed by atoms with Gasteiger partial charge in [0, 0.05) is 5.02 Å². The fraction of sp³-hybridized carbons (Fsp3) is 0.200. The number of halogens is 1. The Hall–Kier alpha value is -0.830. The van der Waals surface area contributed by atoms with Crippen molar-refractivity contribution < 1.29 is 4.84 Å². The number of allylic oxidation sites excluding steroid dienone is 1. The zero-order chi connectivity index (χ0) is 9.52. The molecule has 0 saturated heterocycles. The Morgan fingerprint density at radius 3 is 2.54 bits per heavy atom. The van der Waals surface area contributed by atoms with E-state index in [1.807, 2.05) is 36.4 Å². The van der Waals surface area contributed by atoms with E-state index in [1.54, 1.807) is 0 Å². The van der Waals surface area contributed by atoms with Gasteiger partial charge in [0.05, 0.1) is 6.61 Å². The highest BCUT2D eigenvalue weighted by Crippen LogP contribution is 2.09. The molecule has 0 spiro atoms. The first-order chi connectivity index (χ1) is 6.33. The van der Waals surface area contributed by atoms with E-state index in [1.165, 1.54) is 5.56 Å². The quantitative estimate of drug-likeness (QED) is 0.594. The van der Waals surface area contributed by atoms with Gasteiger partial charge in [0.1, 0.15) is 0 Å². The molecule has 1 aromatic carbocycles. The number of hydrogen-bond acceptors (Lipinski definition) is 2. The molecule has 0 heterocycles. The SMILES string of the molecule is NOC/C=C/Cc1ccc(Cl)cc1. The van der Waals surface area contributed by atoms with Crippen LogP contribution in [0, 0.1) is 0 Å². The van der Waals surface area contributed by atoms with E-state index in [-0.39, 0.29) is 0 Å². The molecule has 0 amide bonds. The highest BCUT2D eigenvalue weighted by atomic mass is 35.5. The van der Waals surface area contributed by atoms with Crippen LogP contribution in [-0.4, -0.2) is 6.61 Å². The fourth-order valence-corrected chi connectivity index (χ4v) is 1.09. The van der Waals surface area contributed by atoms with Crippen LogP contribution in [0.2, 0.25) is 5.02 Å². The average Bonchev–Trinajstić information content (AvgIpc) is 2.15. The largest absolute Gasteiger partial charge is 0.300 e. The van der Waals surface area contributed by atoms with Gasteiger partial charge in [0.25, 0.3) is 0 Å². The fourth-order valence-electron chi connectivity index (χ4n) is 0.964. The van der Waals surface area contributed by atoms with E-state index in [2.05, 4.69) is 4.84 Å². The molecule has 0 atom stereocenters. The minimum absolute atomic E-state index is 0.452. The number of rotatable bonds is 4. The van der Waals surface area contributed by atoms with Gasteiger partial charge < -0.3 is 4.84 Å². The van der Waals surface area contributed by atoms with Gasteiger partial charge in [0.15, 0.2) is 0 Å². The second-order valence-electron chi connectivity index (χ2n) is 2.64.